The lowest BCUT2D eigenvalue weighted by Crippen LogP contribution is -2.49. The van der Waals surface area contributed by atoms with E-state index >= 15 is 0 Å². The maximum atomic E-state index is 11.8. The molecule has 1 aliphatic heterocycles. The highest BCUT2D eigenvalue weighted by Gasteiger charge is 2.27. The number of nitrogens with zero attached hydrogens (tertiary/aromatic N) is 3. The SMILES string of the molecule is CCC(=O)N1CC[C@@H](NCc2cnn(Cc3ccccc3)c2)[C@H](C)C1. The van der Waals surface area contributed by atoms with Crippen molar-refractivity contribution in [1.29, 1.82) is 0 Å². The molecule has 1 N–H and O–H groups in total. The molecule has 3 rings (SSSR count). The van der Waals surface area contributed by atoms with Gasteiger partial charge in [0, 0.05) is 43.9 Å². The van der Waals surface area contributed by atoms with Crippen molar-refractivity contribution < 1.29 is 4.79 Å². The van der Waals surface area contributed by atoms with Crippen molar-refractivity contribution in [3.05, 3.63) is 53.9 Å². The minimum absolute atomic E-state index is 0.271. The third-order valence-electron chi connectivity index (χ3n) is 5.00. The van der Waals surface area contributed by atoms with Crippen LogP contribution in [0.25, 0.3) is 0 Å². The van der Waals surface area contributed by atoms with Crippen LogP contribution in [-0.4, -0.2) is 39.7 Å². The maximum Gasteiger partial charge on any atom is 0.222 e. The quantitative estimate of drug-likeness (QED) is 0.879. The molecule has 0 spiro atoms. The third-order valence-corrected chi connectivity index (χ3v) is 5.00. The summed E-state index contributed by atoms with van der Waals surface area (Å²) in [5.41, 5.74) is 2.46. The molecule has 1 fully saturated rings. The summed E-state index contributed by atoms with van der Waals surface area (Å²) in [7, 11) is 0. The highest BCUT2D eigenvalue weighted by Crippen LogP contribution is 2.18. The van der Waals surface area contributed by atoms with Gasteiger partial charge >= 0.3 is 0 Å². The van der Waals surface area contributed by atoms with Crippen LogP contribution in [0.4, 0.5) is 0 Å². The molecule has 5 nitrogen and oxygen atoms in total. The van der Waals surface area contributed by atoms with Gasteiger partial charge in [-0.2, -0.15) is 5.10 Å². The van der Waals surface area contributed by atoms with E-state index in [2.05, 4.69) is 47.8 Å². The number of hydrogen-bond acceptors (Lipinski definition) is 3. The van der Waals surface area contributed by atoms with Gasteiger partial charge in [-0.25, -0.2) is 0 Å². The second-order valence-corrected chi connectivity index (χ2v) is 6.98. The van der Waals surface area contributed by atoms with Gasteiger partial charge in [0.1, 0.15) is 0 Å². The van der Waals surface area contributed by atoms with Crippen LogP contribution in [0.1, 0.15) is 37.8 Å². The molecular weight excluding hydrogens is 312 g/mol. The second kappa shape index (κ2) is 8.30. The fourth-order valence-corrected chi connectivity index (χ4v) is 3.50. The zero-order valence-corrected chi connectivity index (χ0v) is 15.2. The first-order valence-electron chi connectivity index (χ1n) is 9.22. The van der Waals surface area contributed by atoms with Crippen molar-refractivity contribution in [3.8, 4) is 0 Å². The van der Waals surface area contributed by atoms with E-state index in [1.54, 1.807) is 0 Å². The summed E-state index contributed by atoms with van der Waals surface area (Å²) < 4.78 is 1.98. The number of carbonyl (C=O) groups excluding carboxylic acids is 1. The van der Waals surface area contributed by atoms with Crippen LogP contribution in [0.5, 0.6) is 0 Å². The summed E-state index contributed by atoms with van der Waals surface area (Å²) in [5.74, 6) is 0.746. The highest BCUT2D eigenvalue weighted by molar-refractivity contribution is 5.75. The molecule has 0 radical (unpaired) electrons. The van der Waals surface area contributed by atoms with Crippen molar-refractivity contribution in [2.45, 2.75) is 45.8 Å². The molecule has 2 aromatic rings. The van der Waals surface area contributed by atoms with E-state index in [1.807, 2.05) is 28.8 Å². The normalized spacial score (nSPS) is 20.6. The van der Waals surface area contributed by atoms with Crippen LogP contribution in [-0.2, 0) is 17.9 Å². The predicted molar refractivity (Wildman–Crippen MR) is 99.1 cm³/mol. The molecule has 0 unspecified atom stereocenters. The fraction of sp³-hybridized carbons (Fsp3) is 0.500. The van der Waals surface area contributed by atoms with Gasteiger partial charge in [0.25, 0.3) is 0 Å². The van der Waals surface area contributed by atoms with Crippen molar-refractivity contribution in [1.82, 2.24) is 20.0 Å². The number of aromatic nitrogens is 2. The Labute approximate surface area is 150 Å². The lowest BCUT2D eigenvalue weighted by Gasteiger charge is -2.37. The largest absolute Gasteiger partial charge is 0.342 e. The Balaban J connectivity index is 1.48. The number of piperidine rings is 1. The Bertz CT molecular complexity index is 682. The molecular formula is C20H28N4O. The van der Waals surface area contributed by atoms with E-state index in [0.29, 0.717) is 18.4 Å². The molecule has 5 heteroatoms. The molecule has 2 heterocycles. The molecule has 1 aromatic heterocycles. The highest BCUT2D eigenvalue weighted by atomic mass is 16.2. The van der Waals surface area contributed by atoms with Gasteiger partial charge in [-0.05, 0) is 17.9 Å². The van der Waals surface area contributed by atoms with Crippen molar-refractivity contribution in [2.24, 2.45) is 5.92 Å². The zero-order valence-electron chi connectivity index (χ0n) is 15.2. The topological polar surface area (TPSA) is 50.2 Å². The average Bonchev–Trinajstić information content (AvgIpc) is 3.08. The van der Waals surface area contributed by atoms with Gasteiger partial charge in [0.15, 0.2) is 0 Å². The first-order chi connectivity index (χ1) is 12.2. The summed E-state index contributed by atoms with van der Waals surface area (Å²) in [4.78, 5) is 13.8. The van der Waals surface area contributed by atoms with Gasteiger partial charge in [0.05, 0.1) is 12.7 Å². The van der Waals surface area contributed by atoms with E-state index in [4.69, 9.17) is 0 Å². The van der Waals surface area contributed by atoms with E-state index in [9.17, 15) is 4.79 Å². The summed E-state index contributed by atoms with van der Waals surface area (Å²) in [6.07, 6.45) is 5.67. The van der Waals surface area contributed by atoms with Gasteiger partial charge in [-0.3, -0.25) is 9.48 Å². The van der Waals surface area contributed by atoms with Crippen LogP contribution >= 0.6 is 0 Å². The minimum Gasteiger partial charge on any atom is -0.342 e. The molecule has 1 aromatic carbocycles. The van der Waals surface area contributed by atoms with Gasteiger partial charge in [-0.15, -0.1) is 0 Å². The Hall–Kier alpha value is -2.14. The Kier molecular flexibility index (Phi) is 5.87. The number of hydrogen-bond donors (Lipinski definition) is 1. The van der Waals surface area contributed by atoms with Crippen LogP contribution in [0, 0.1) is 5.92 Å². The summed E-state index contributed by atoms with van der Waals surface area (Å²) in [6.45, 7) is 7.51. The number of benzene rings is 1. The second-order valence-electron chi connectivity index (χ2n) is 6.98. The lowest BCUT2D eigenvalue weighted by molar-refractivity contribution is -0.132. The Morgan fingerprint density at radius 3 is 2.80 bits per heavy atom. The fourth-order valence-electron chi connectivity index (χ4n) is 3.50. The van der Waals surface area contributed by atoms with Gasteiger partial charge < -0.3 is 10.2 Å². The van der Waals surface area contributed by atoms with Crippen LogP contribution in [0.15, 0.2) is 42.7 Å². The van der Waals surface area contributed by atoms with E-state index in [0.717, 1.165) is 32.6 Å². The molecule has 0 aliphatic carbocycles. The predicted octanol–water partition coefficient (Wildman–Crippen LogP) is 2.67. The first kappa shape index (κ1) is 17.7. The average molecular weight is 340 g/mol. The number of nitrogens with one attached hydrogen (secondary N) is 1. The molecule has 25 heavy (non-hydrogen) atoms. The number of rotatable bonds is 6. The smallest absolute Gasteiger partial charge is 0.222 e. The molecule has 1 amide bonds. The minimum atomic E-state index is 0.271. The first-order valence-corrected chi connectivity index (χ1v) is 9.22. The maximum absolute atomic E-state index is 11.8. The summed E-state index contributed by atoms with van der Waals surface area (Å²) in [5, 5.41) is 8.12. The van der Waals surface area contributed by atoms with Crippen molar-refractivity contribution in [2.75, 3.05) is 13.1 Å². The van der Waals surface area contributed by atoms with E-state index < -0.39 is 0 Å². The molecule has 0 saturated carbocycles. The summed E-state index contributed by atoms with van der Waals surface area (Å²) in [6, 6.07) is 10.8. The Morgan fingerprint density at radius 2 is 2.08 bits per heavy atom. The summed E-state index contributed by atoms with van der Waals surface area (Å²) >= 11 is 0. The van der Waals surface area contributed by atoms with Crippen LogP contribution < -0.4 is 5.32 Å². The van der Waals surface area contributed by atoms with Gasteiger partial charge in [-0.1, -0.05) is 44.2 Å². The molecule has 1 saturated heterocycles. The van der Waals surface area contributed by atoms with Crippen LogP contribution in [0.2, 0.25) is 0 Å². The molecule has 0 bridgehead atoms. The molecule has 1 aliphatic rings. The van der Waals surface area contributed by atoms with Gasteiger partial charge in [0.2, 0.25) is 5.91 Å². The third kappa shape index (κ3) is 4.69. The Morgan fingerprint density at radius 1 is 1.28 bits per heavy atom. The van der Waals surface area contributed by atoms with Crippen molar-refractivity contribution >= 4 is 5.91 Å². The lowest BCUT2D eigenvalue weighted by atomic mass is 9.93. The monoisotopic (exact) mass is 340 g/mol. The van der Waals surface area contributed by atoms with Crippen LogP contribution in [0.3, 0.4) is 0 Å². The standard InChI is InChI=1S/C20H28N4O/c1-3-20(25)23-10-9-19(16(2)13-23)21-11-18-12-22-24(15-18)14-17-7-5-4-6-8-17/h4-8,12,15-16,19,21H,3,9-11,13-14H2,1-2H3/t16-,19-/m1/s1. The van der Waals surface area contributed by atoms with E-state index in [-0.39, 0.29) is 5.91 Å². The number of carbonyl (C=O) groups is 1. The number of amides is 1. The number of likely N-dealkylation sites (tertiary alicyclic amines) is 1. The van der Waals surface area contributed by atoms with E-state index in [1.165, 1.54) is 11.1 Å². The zero-order chi connectivity index (χ0) is 17.6. The molecule has 134 valence electrons. The van der Waals surface area contributed by atoms with Crippen molar-refractivity contribution in [3.63, 3.8) is 0 Å². The molecule has 2 atom stereocenters.